The van der Waals surface area contributed by atoms with Gasteiger partial charge in [0, 0.05) is 45.9 Å². The van der Waals surface area contributed by atoms with Crippen LogP contribution < -0.4 is 15.8 Å². The minimum absolute atomic E-state index is 0.0110. The summed E-state index contributed by atoms with van der Waals surface area (Å²) in [5.41, 5.74) is 5.38. The molecule has 0 amide bonds. The maximum atomic E-state index is 13.4. The van der Waals surface area contributed by atoms with Crippen molar-refractivity contribution < 1.29 is 4.74 Å². The Morgan fingerprint density at radius 3 is 2.67 bits per heavy atom. The van der Waals surface area contributed by atoms with E-state index in [4.69, 9.17) is 9.72 Å². The van der Waals surface area contributed by atoms with Gasteiger partial charge >= 0.3 is 0 Å². The zero-order valence-electron chi connectivity index (χ0n) is 20.3. The molecule has 2 heterocycles. The molecular formula is C26H33N5O2. The lowest BCUT2D eigenvalue weighted by atomic mass is 10.1. The normalized spacial score (nSPS) is 17.2. The maximum absolute atomic E-state index is 13.4. The van der Waals surface area contributed by atoms with Gasteiger partial charge in [-0.15, -0.1) is 0 Å². The number of benzene rings is 1. The van der Waals surface area contributed by atoms with Crippen LogP contribution in [0.5, 0.6) is 0 Å². The Balaban J connectivity index is 1.77. The summed E-state index contributed by atoms with van der Waals surface area (Å²) < 4.78 is 7.76. The lowest BCUT2D eigenvalue weighted by Gasteiger charge is -2.25. The van der Waals surface area contributed by atoms with Gasteiger partial charge in [-0.25, -0.2) is 9.97 Å². The molecule has 0 fully saturated rings. The number of pyridine rings is 1. The molecule has 7 nitrogen and oxygen atoms in total. The molecule has 0 unspecified atom stereocenters. The van der Waals surface area contributed by atoms with Crippen LogP contribution in [0.1, 0.15) is 42.3 Å². The number of nitrogens with one attached hydrogen (secondary N) is 1. The summed E-state index contributed by atoms with van der Waals surface area (Å²) in [5.74, 6) is 1.59. The second kappa shape index (κ2) is 9.35. The minimum Gasteiger partial charge on any atom is -0.376 e. The molecule has 1 aliphatic carbocycles. The van der Waals surface area contributed by atoms with E-state index in [2.05, 4.69) is 41.5 Å². The third-order valence-corrected chi connectivity index (χ3v) is 6.36. The van der Waals surface area contributed by atoms with E-state index in [1.165, 1.54) is 11.1 Å². The van der Waals surface area contributed by atoms with Crippen LogP contribution in [0.25, 0.3) is 11.3 Å². The molecule has 2 aromatic heterocycles. The summed E-state index contributed by atoms with van der Waals surface area (Å²) in [7, 11) is 5.71. The van der Waals surface area contributed by atoms with Crippen LogP contribution in [0.4, 0.5) is 11.6 Å². The first-order chi connectivity index (χ1) is 15.8. The van der Waals surface area contributed by atoms with E-state index in [0.717, 1.165) is 34.9 Å². The summed E-state index contributed by atoms with van der Waals surface area (Å²) in [6.45, 7) is 6.71. The molecule has 0 saturated carbocycles. The van der Waals surface area contributed by atoms with Gasteiger partial charge in [0.1, 0.15) is 17.3 Å². The third kappa shape index (κ3) is 4.25. The number of rotatable bonds is 7. The quantitative estimate of drug-likeness (QED) is 0.592. The van der Waals surface area contributed by atoms with Crippen molar-refractivity contribution in [3.05, 3.63) is 69.3 Å². The Bertz CT molecular complexity index is 1220. The number of aromatic nitrogens is 3. The van der Waals surface area contributed by atoms with Crippen molar-refractivity contribution >= 4 is 11.6 Å². The number of ether oxygens (including phenoxy) is 1. The first-order valence-corrected chi connectivity index (χ1v) is 11.6. The highest BCUT2D eigenvalue weighted by Gasteiger charge is 2.34. The van der Waals surface area contributed by atoms with Crippen molar-refractivity contribution in [3.8, 4) is 11.3 Å². The Kier molecular flexibility index (Phi) is 6.51. The summed E-state index contributed by atoms with van der Waals surface area (Å²) >= 11 is 0. The molecule has 33 heavy (non-hydrogen) atoms. The second-order valence-electron chi connectivity index (χ2n) is 8.74. The average molecular weight is 448 g/mol. The van der Waals surface area contributed by atoms with Gasteiger partial charge in [0.15, 0.2) is 0 Å². The largest absolute Gasteiger partial charge is 0.376 e. The van der Waals surface area contributed by atoms with Crippen molar-refractivity contribution in [2.75, 3.05) is 30.9 Å². The third-order valence-electron chi connectivity index (χ3n) is 6.36. The highest BCUT2D eigenvalue weighted by molar-refractivity contribution is 5.65. The Labute approximate surface area is 195 Å². The van der Waals surface area contributed by atoms with E-state index in [1.807, 2.05) is 46.0 Å². The number of anilines is 2. The SMILES string of the molecule is CCO[C@H]1Cc2ccccc2[C@H]1Nc1c(CC)nc(-c2cnc(N(C)C)cc2C)c(=O)n1C. The smallest absolute Gasteiger partial charge is 0.278 e. The van der Waals surface area contributed by atoms with Gasteiger partial charge in [-0.2, -0.15) is 0 Å². The highest BCUT2D eigenvalue weighted by atomic mass is 16.5. The van der Waals surface area contributed by atoms with Crippen molar-refractivity contribution in [1.29, 1.82) is 0 Å². The summed E-state index contributed by atoms with van der Waals surface area (Å²) in [6.07, 6.45) is 3.31. The van der Waals surface area contributed by atoms with Crippen LogP contribution in [-0.2, 0) is 24.6 Å². The highest BCUT2D eigenvalue weighted by Crippen LogP contribution is 2.36. The number of fused-ring (bicyclic) bond motifs is 1. The molecule has 0 radical (unpaired) electrons. The first kappa shape index (κ1) is 23.0. The fourth-order valence-electron chi connectivity index (χ4n) is 4.57. The first-order valence-electron chi connectivity index (χ1n) is 11.6. The molecule has 7 heteroatoms. The zero-order chi connectivity index (χ0) is 23.7. The van der Waals surface area contributed by atoms with E-state index in [0.29, 0.717) is 18.7 Å². The molecule has 0 aliphatic heterocycles. The van der Waals surface area contributed by atoms with Crippen LogP contribution >= 0.6 is 0 Å². The molecule has 1 N–H and O–H groups in total. The molecule has 0 bridgehead atoms. The molecule has 0 saturated heterocycles. The lowest BCUT2D eigenvalue weighted by molar-refractivity contribution is 0.0572. The number of hydrogen-bond donors (Lipinski definition) is 1. The van der Waals surface area contributed by atoms with Gasteiger partial charge < -0.3 is 15.0 Å². The van der Waals surface area contributed by atoms with Gasteiger partial charge in [0.25, 0.3) is 5.56 Å². The molecular weight excluding hydrogens is 414 g/mol. The predicted molar refractivity (Wildman–Crippen MR) is 133 cm³/mol. The van der Waals surface area contributed by atoms with Crippen LogP contribution in [-0.4, -0.2) is 41.3 Å². The van der Waals surface area contributed by atoms with E-state index in [1.54, 1.807) is 10.8 Å². The summed E-state index contributed by atoms with van der Waals surface area (Å²) in [5, 5.41) is 3.63. The Morgan fingerprint density at radius 1 is 1.24 bits per heavy atom. The fourth-order valence-corrected chi connectivity index (χ4v) is 4.57. The van der Waals surface area contributed by atoms with Crippen molar-refractivity contribution in [2.45, 2.75) is 45.8 Å². The molecule has 174 valence electrons. The number of nitrogens with zero attached hydrogens (tertiary/aromatic N) is 4. The van der Waals surface area contributed by atoms with E-state index < -0.39 is 0 Å². The molecule has 3 aromatic rings. The van der Waals surface area contributed by atoms with Crippen LogP contribution in [0.15, 0.2) is 41.3 Å². The van der Waals surface area contributed by atoms with Crippen LogP contribution in [0, 0.1) is 6.92 Å². The summed E-state index contributed by atoms with van der Waals surface area (Å²) in [4.78, 5) is 24.7. The van der Waals surface area contributed by atoms with Gasteiger partial charge in [-0.05, 0) is 43.0 Å². The molecule has 1 aromatic carbocycles. The monoisotopic (exact) mass is 447 g/mol. The Hall–Kier alpha value is -3.19. The topological polar surface area (TPSA) is 72.3 Å². The number of hydrogen-bond acceptors (Lipinski definition) is 6. The van der Waals surface area contributed by atoms with E-state index in [-0.39, 0.29) is 17.7 Å². The second-order valence-corrected chi connectivity index (χ2v) is 8.74. The molecule has 4 rings (SSSR count). The lowest BCUT2D eigenvalue weighted by Crippen LogP contribution is -2.31. The van der Waals surface area contributed by atoms with E-state index >= 15 is 0 Å². The predicted octanol–water partition coefficient (Wildman–Crippen LogP) is 3.89. The average Bonchev–Trinajstić information content (AvgIpc) is 3.14. The Morgan fingerprint density at radius 2 is 2.00 bits per heavy atom. The van der Waals surface area contributed by atoms with Gasteiger partial charge in [0.2, 0.25) is 0 Å². The van der Waals surface area contributed by atoms with Gasteiger partial charge in [-0.3, -0.25) is 9.36 Å². The maximum Gasteiger partial charge on any atom is 0.278 e. The van der Waals surface area contributed by atoms with E-state index in [9.17, 15) is 4.79 Å². The standard InChI is InChI=1S/C26H33N5O2/c1-7-20-25(29-23-18-12-10-9-11-17(18)14-21(23)33-8-2)31(6)26(32)24(28-20)19-15-27-22(30(4)5)13-16(19)3/h9-13,15,21,23,29H,7-8,14H2,1-6H3/t21-,23+/m0/s1. The fraction of sp³-hybridized carbons (Fsp3) is 0.423. The van der Waals surface area contributed by atoms with Crippen LogP contribution in [0.3, 0.4) is 0 Å². The zero-order valence-corrected chi connectivity index (χ0v) is 20.3. The van der Waals surface area contributed by atoms with Crippen molar-refractivity contribution in [2.24, 2.45) is 7.05 Å². The molecule has 0 spiro atoms. The van der Waals surface area contributed by atoms with Crippen LogP contribution in [0.2, 0.25) is 0 Å². The number of aryl methyl sites for hydroxylation is 2. The molecule has 2 atom stereocenters. The van der Waals surface area contributed by atoms with Crippen molar-refractivity contribution in [3.63, 3.8) is 0 Å². The minimum atomic E-state index is -0.142. The molecule has 1 aliphatic rings. The van der Waals surface area contributed by atoms with Gasteiger partial charge in [0.05, 0.1) is 17.8 Å². The van der Waals surface area contributed by atoms with Crippen molar-refractivity contribution in [1.82, 2.24) is 14.5 Å². The van der Waals surface area contributed by atoms with Gasteiger partial charge in [-0.1, -0.05) is 31.2 Å². The summed E-state index contributed by atoms with van der Waals surface area (Å²) in [6, 6.07) is 10.3.